The number of carbonyl (C=O) groups excluding carboxylic acids is 2. The lowest BCUT2D eigenvalue weighted by atomic mass is 10.2. The van der Waals surface area contributed by atoms with Gasteiger partial charge in [0.25, 0.3) is 0 Å². The number of rotatable bonds is 4. The second-order valence-corrected chi connectivity index (χ2v) is 7.93. The van der Waals surface area contributed by atoms with Gasteiger partial charge in [-0.3, -0.25) is 19.4 Å². The van der Waals surface area contributed by atoms with E-state index in [9.17, 15) is 9.59 Å². The lowest BCUT2D eigenvalue weighted by Crippen LogP contribution is -2.57. The van der Waals surface area contributed by atoms with Gasteiger partial charge in [-0.05, 0) is 18.4 Å². The van der Waals surface area contributed by atoms with Gasteiger partial charge >= 0.3 is 0 Å². The second-order valence-electron chi connectivity index (χ2n) is 6.90. The van der Waals surface area contributed by atoms with Gasteiger partial charge in [0, 0.05) is 70.7 Å². The number of carbonyl (C=O) groups is 2. The molecule has 3 rings (SSSR count). The molecule has 0 N–H and O–H groups in total. The third-order valence-corrected chi connectivity index (χ3v) is 6.17. The fraction of sp³-hybridized carbons (Fsp3) is 0.667. The summed E-state index contributed by atoms with van der Waals surface area (Å²) in [4.78, 5) is 34.1. The molecule has 0 spiro atoms. The average molecular weight is 365 g/mol. The van der Waals surface area contributed by atoms with Gasteiger partial charge in [-0.2, -0.15) is 0 Å². The topological polar surface area (TPSA) is 47.1 Å². The first-order valence-corrected chi connectivity index (χ1v) is 9.95. The van der Waals surface area contributed by atoms with Crippen LogP contribution in [0.4, 0.5) is 0 Å². The minimum Gasteiger partial charge on any atom is -0.339 e. The van der Waals surface area contributed by atoms with Crippen LogP contribution in [0, 0.1) is 0 Å². The van der Waals surface area contributed by atoms with Crippen LogP contribution in [0.25, 0.3) is 0 Å². The van der Waals surface area contributed by atoms with Gasteiger partial charge in [0.05, 0.1) is 6.04 Å². The fourth-order valence-electron chi connectivity index (χ4n) is 3.59. The standard InChI is InChI=1S/C18H28N4O2S/c1-15(18(24)22-11-9-21(10-12-22)16(2)23)20-7-5-19(6-8-20)14-17-4-3-13-25-17/h3-4,13,15H,5-12,14H2,1-2H3. The third kappa shape index (κ3) is 4.59. The fourth-order valence-corrected chi connectivity index (χ4v) is 4.34. The monoisotopic (exact) mass is 364 g/mol. The first-order valence-electron chi connectivity index (χ1n) is 9.07. The molecule has 25 heavy (non-hydrogen) atoms. The van der Waals surface area contributed by atoms with Gasteiger partial charge in [-0.15, -0.1) is 11.3 Å². The number of nitrogens with zero attached hydrogens (tertiary/aromatic N) is 4. The molecular formula is C18H28N4O2S. The molecule has 1 aromatic rings. The van der Waals surface area contributed by atoms with Gasteiger partial charge in [0.2, 0.25) is 11.8 Å². The maximum atomic E-state index is 12.8. The lowest BCUT2D eigenvalue weighted by Gasteiger charge is -2.40. The Labute approximate surface area is 154 Å². The van der Waals surface area contributed by atoms with E-state index in [-0.39, 0.29) is 17.9 Å². The number of hydrogen-bond acceptors (Lipinski definition) is 5. The minimum absolute atomic E-state index is 0.0761. The molecule has 2 aliphatic heterocycles. The normalized spacial score (nSPS) is 21.4. The molecule has 7 heteroatoms. The van der Waals surface area contributed by atoms with E-state index in [4.69, 9.17) is 0 Å². The highest BCUT2D eigenvalue weighted by atomic mass is 32.1. The van der Waals surface area contributed by atoms with Crippen molar-refractivity contribution in [2.75, 3.05) is 52.4 Å². The number of piperazine rings is 2. The maximum absolute atomic E-state index is 12.8. The Morgan fingerprint density at radius 2 is 1.68 bits per heavy atom. The molecule has 1 aromatic heterocycles. The zero-order valence-corrected chi connectivity index (χ0v) is 16.0. The molecule has 0 aliphatic carbocycles. The van der Waals surface area contributed by atoms with Crippen molar-refractivity contribution in [2.45, 2.75) is 26.4 Å². The quantitative estimate of drug-likeness (QED) is 0.798. The van der Waals surface area contributed by atoms with Gasteiger partial charge in [-0.25, -0.2) is 0 Å². The Bertz CT molecular complexity index is 576. The maximum Gasteiger partial charge on any atom is 0.239 e. The molecule has 3 heterocycles. The molecule has 1 atom stereocenters. The predicted molar refractivity (Wildman–Crippen MR) is 99.5 cm³/mol. The molecule has 6 nitrogen and oxygen atoms in total. The Morgan fingerprint density at radius 3 is 2.24 bits per heavy atom. The Hall–Kier alpha value is -1.44. The van der Waals surface area contributed by atoms with Crippen molar-refractivity contribution in [2.24, 2.45) is 0 Å². The Balaban J connectivity index is 1.45. The van der Waals surface area contributed by atoms with Crippen LogP contribution in [0.5, 0.6) is 0 Å². The molecule has 138 valence electrons. The second kappa shape index (κ2) is 8.29. The van der Waals surface area contributed by atoms with Crippen LogP contribution in [0.3, 0.4) is 0 Å². The molecule has 2 fully saturated rings. The van der Waals surface area contributed by atoms with Crippen molar-refractivity contribution in [1.29, 1.82) is 0 Å². The first-order chi connectivity index (χ1) is 12.0. The summed E-state index contributed by atoms with van der Waals surface area (Å²) in [5, 5.41) is 2.12. The van der Waals surface area contributed by atoms with E-state index < -0.39 is 0 Å². The zero-order valence-electron chi connectivity index (χ0n) is 15.2. The summed E-state index contributed by atoms with van der Waals surface area (Å²) in [6, 6.07) is 4.21. The van der Waals surface area contributed by atoms with E-state index >= 15 is 0 Å². The molecule has 0 bridgehead atoms. The van der Waals surface area contributed by atoms with Gasteiger partial charge < -0.3 is 9.80 Å². The average Bonchev–Trinajstić information content (AvgIpc) is 3.14. The van der Waals surface area contributed by atoms with Crippen molar-refractivity contribution in [3.63, 3.8) is 0 Å². The molecular weight excluding hydrogens is 336 g/mol. The van der Waals surface area contributed by atoms with Crippen LogP contribution in [0.1, 0.15) is 18.7 Å². The van der Waals surface area contributed by atoms with Crippen molar-refractivity contribution in [3.05, 3.63) is 22.4 Å². The van der Waals surface area contributed by atoms with Crippen molar-refractivity contribution < 1.29 is 9.59 Å². The Morgan fingerprint density at radius 1 is 1.04 bits per heavy atom. The largest absolute Gasteiger partial charge is 0.339 e. The number of hydrogen-bond donors (Lipinski definition) is 0. The van der Waals surface area contributed by atoms with E-state index in [2.05, 4.69) is 27.3 Å². The van der Waals surface area contributed by atoms with E-state index in [1.54, 1.807) is 18.3 Å². The first kappa shape index (κ1) is 18.4. The lowest BCUT2D eigenvalue weighted by molar-refractivity contribution is -0.142. The highest BCUT2D eigenvalue weighted by Crippen LogP contribution is 2.15. The zero-order chi connectivity index (χ0) is 17.8. The summed E-state index contributed by atoms with van der Waals surface area (Å²) in [6.07, 6.45) is 0. The predicted octanol–water partition coefficient (Wildman–Crippen LogP) is 0.945. The smallest absolute Gasteiger partial charge is 0.239 e. The molecule has 0 saturated carbocycles. The summed E-state index contributed by atoms with van der Waals surface area (Å²) in [5.41, 5.74) is 0. The summed E-state index contributed by atoms with van der Waals surface area (Å²) in [5.74, 6) is 0.303. The summed E-state index contributed by atoms with van der Waals surface area (Å²) in [6.45, 7) is 11.1. The summed E-state index contributed by atoms with van der Waals surface area (Å²) < 4.78 is 0. The van der Waals surface area contributed by atoms with Crippen LogP contribution in [-0.2, 0) is 16.1 Å². The molecule has 1 unspecified atom stereocenters. The number of thiophene rings is 1. The van der Waals surface area contributed by atoms with Crippen LogP contribution in [-0.4, -0.2) is 89.8 Å². The van der Waals surface area contributed by atoms with Crippen LogP contribution in [0.15, 0.2) is 17.5 Å². The SMILES string of the molecule is CC(=O)N1CCN(C(=O)C(C)N2CCN(Cc3cccs3)CC2)CC1. The van der Waals surface area contributed by atoms with E-state index in [1.165, 1.54) is 4.88 Å². The molecule has 2 saturated heterocycles. The van der Waals surface area contributed by atoms with Gasteiger partial charge in [0.15, 0.2) is 0 Å². The van der Waals surface area contributed by atoms with Crippen molar-refractivity contribution in [1.82, 2.24) is 19.6 Å². The summed E-state index contributed by atoms with van der Waals surface area (Å²) >= 11 is 1.81. The van der Waals surface area contributed by atoms with Crippen LogP contribution < -0.4 is 0 Å². The van der Waals surface area contributed by atoms with Crippen molar-refractivity contribution >= 4 is 23.2 Å². The number of amides is 2. The van der Waals surface area contributed by atoms with Gasteiger partial charge in [0.1, 0.15) is 0 Å². The third-order valence-electron chi connectivity index (χ3n) is 5.31. The minimum atomic E-state index is -0.0761. The van der Waals surface area contributed by atoms with Gasteiger partial charge in [-0.1, -0.05) is 6.07 Å². The molecule has 2 amide bonds. The van der Waals surface area contributed by atoms with E-state index in [0.29, 0.717) is 26.2 Å². The molecule has 0 aromatic carbocycles. The molecule has 0 radical (unpaired) electrons. The summed E-state index contributed by atoms with van der Waals surface area (Å²) in [7, 11) is 0. The highest BCUT2D eigenvalue weighted by molar-refractivity contribution is 7.09. The van der Waals surface area contributed by atoms with Crippen LogP contribution in [0.2, 0.25) is 0 Å². The Kier molecular flexibility index (Phi) is 6.09. The van der Waals surface area contributed by atoms with Crippen LogP contribution >= 0.6 is 11.3 Å². The van der Waals surface area contributed by atoms with E-state index in [1.807, 2.05) is 16.7 Å². The van der Waals surface area contributed by atoms with E-state index in [0.717, 1.165) is 32.7 Å². The molecule has 2 aliphatic rings. The van der Waals surface area contributed by atoms with Crippen molar-refractivity contribution in [3.8, 4) is 0 Å². The highest BCUT2D eigenvalue weighted by Gasteiger charge is 2.30.